The molecule has 1 saturated carbocycles. The highest BCUT2D eigenvalue weighted by molar-refractivity contribution is 5.60. The standard InChI is InChI=1S/C19H24N2O/c1-13-2-4-14(5-3-13)15-6-9-17(10-7-15)22-19-11-8-16(20)12-18(19)21/h2-5,8,11-12,15,17H,6-7,9-10,20-21H2,1H3. The smallest absolute Gasteiger partial charge is 0.142 e. The lowest BCUT2D eigenvalue weighted by atomic mass is 9.82. The normalized spacial score (nSPS) is 21.5. The molecule has 3 rings (SSSR count). The van der Waals surface area contributed by atoms with E-state index in [2.05, 4.69) is 31.2 Å². The van der Waals surface area contributed by atoms with Gasteiger partial charge in [0.2, 0.25) is 0 Å². The summed E-state index contributed by atoms with van der Waals surface area (Å²) < 4.78 is 6.06. The van der Waals surface area contributed by atoms with Crippen molar-refractivity contribution in [2.45, 2.75) is 44.6 Å². The quantitative estimate of drug-likeness (QED) is 0.832. The molecule has 4 N–H and O–H groups in total. The zero-order valence-electron chi connectivity index (χ0n) is 13.1. The van der Waals surface area contributed by atoms with Gasteiger partial charge < -0.3 is 16.2 Å². The molecule has 3 heteroatoms. The van der Waals surface area contributed by atoms with E-state index in [9.17, 15) is 0 Å². The van der Waals surface area contributed by atoms with Gasteiger partial charge >= 0.3 is 0 Å². The minimum absolute atomic E-state index is 0.257. The number of rotatable bonds is 3. The second-order valence-corrected chi connectivity index (χ2v) is 6.30. The molecule has 0 amide bonds. The summed E-state index contributed by atoms with van der Waals surface area (Å²) in [6, 6.07) is 14.4. The molecule has 22 heavy (non-hydrogen) atoms. The first kappa shape index (κ1) is 14.8. The number of ether oxygens (including phenoxy) is 1. The fourth-order valence-electron chi connectivity index (χ4n) is 3.21. The van der Waals surface area contributed by atoms with Gasteiger partial charge in [-0.05, 0) is 62.3 Å². The van der Waals surface area contributed by atoms with Crippen LogP contribution in [0.25, 0.3) is 0 Å². The number of benzene rings is 2. The summed E-state index contributed by atoms with van der Waals surface area (Å²) in [7, 11) is 0. The van der Waals surface area contributed by atoms with Gasteiger partial charge in [-0.2, -0.15) is 0 Å². The van der Waals surface area contributed by atoms with Gasteiger partial charge in [0.25, 0.3) is 0 Å². The van der Waals surface area contributed by atoms with Crippen molar-refractivity contribution in [3.63, 3.8) is 0 Å². The van der Waals surface area contributed by atoms with Crippen LogP contribution in [-0.4, -0.2) is 6.10 Å². The average molecular weight is 296 g/mol. The first-order valence-electron chi connectivity index (χ1n) is 8.00. The van der Waals surface area contributed by atoms with Crippen molar-refractivity contribution >= 4 is 11.4 Å². The van der Waals surface area contributed by atoms with Crippen LogP contribution in [0.4, 0.5) is 11.4 Å². The molecular formula is C19H24N2O. The number of anilines is 2. The average Bonchev–Trinajstić information content (AvgIpc) is 2.52. The SMILES string of the molecule is Cc1ccc(C2CCC(Oc3ccc(N)cc3N)CC2)cc1. The van der Waals surface area contributed by atoms with Crippen molar-refractivity contribution in [3.8, 4) is 5.75 Å². The van der Waals surface area contributed by atoms with Crippen LogP contribution >= 0.6 is 0 Å². The van der Waals surface area contributed by atoms with Crippen LogP contribution in [0.2, 0.25) is 0 Å². The molecule has 2 aromatic rings. The second-order valence-electron chi connectivity index (χ2n) is 6.30. The summed E-state index contributed by atoms with van der Waals surface area (Å²) >= 11 is 0. The second kappa shape index (κ2) is 6.30. The molecule has 0 unspecified atom stereocenters. The van der Waals surface area contributed by atoms with Gasteiger partial charge in [-0.15, -0.1) is 0 Å². The lowest BCUT2D eigenvalue weighted by Crippen LogP contribution is -2.23. The lowest BCUT2D eigenvalue weighted by Gasteiger charge is -2.29. The van der Waals surface area contributed by atoms with E-state index < -0.39 is 0 Å². The largest absolute Gasteiger partial charge is 0.488 e. The maximum absolute atomic E-state index is 6.06. The van der Waals surface area contributed by atoms with E-state index in [4.69, 9.17) is 16.2 Å². The molecule has 0 spiro atoms. The Morgan fingerprint density at radius 2 is 1.59 bits per heavy atom. The number of hydrogen-bond acceptors (Lipinski definition) is 3. The van der Waals surface area contributed by atoms with E-state index in [0.717, 1.165) is 18.6 Å². The number of nitrogen functional groups attached to an aromatic ring is 2. The molecule has 0 bridgehead atoms. The minimum atomic E-state index is 0.257. The predicted octanol–water partition coefficient (Wildman–Crippen LogP) is 4.26. The van der Waals surface area contributed by atoms with Crippen LogP contribution in [0.3, 0.4) is 0 Å². The molecule has 0 radical (unpaired) electrons. The van der Waals surface area contributed by atoms with Crippen molar-refractivity contribution in [2.75, 3.05) is 11.5 Å². The molecule has 116 valence electrons. The third-order valence-corrected chi connectivity index (χ3v) is 4.55. The van der Waals surface area contributed by atoms with Crippen molar-refractivity contribution in [2.24, 2.45) is 0 Å². The van der Waals surface area contributed by atoms with E-state index in [-0.39, 0.29) is 6.10 Å². The highest BCUT2D eigenvalue weighted by Gasteiger charge is 2.23. The molecule has 1 aliphatic carbocycles. The number of hydrogen-bond donors (Lipinski definition) is 2. The van der Waals surface area contributed by atoms with Crippen LogP contribution in [0.15, 0.2) is 42.5 Å². The molecule has 2 aromatic carbocycles. The summed E-state index contributed by atoms with van der Waals surface area (Å²) in [4.78, 5) is 0. The van der Waals surface area contributed by atoms with Gasteiger partial charge in [-0.25, -0.2) is 0 Å². The molecule has 3 nitrogen and oxygen atoms in total. The van der Waals surface area contributed by atoms with Gasteiger partial charge in [0.05, 0.1) is 11.8 Å². The lowest BCUT2D eigenvalue weighted by molar-refractivity contribution is 0.147. The third-order valence-electron chi connectivity index (χ3n) is 4.55. The van der Waals surface area contributed by atoms with E-state index in [0.29, 0.717) is 17.3 Å². The van der Waals surface area contributed by atoms with Gasteiger partial charge in [0.15, 0.2) is 0 Å². The van der Waals surface area contributed by atoms with Crippen LogP contribution in [0.1, 0.15) is 42.7 Å². The Morgan fingerprint density at radius 3 is 2.23 bits per heavy atom. The molecule has 1 aliphatic rings. The molecule has 0 aromatic heterocycles. The summed E-state index contributed by atoms with van der Waals surface area (Å²) in [5.74, 6) is 1.41. The molecule has 0 atom stereocenters. The summed E-state index contributed by atoms with van der Waals surface area (Å²) in [5.41, 5.74) is 15.8. The molecule has 1 fully saturated rings. The van der Waals surface area contributed by atoms with Crippen molar-refractivity contribution in [1.82, 2.24) is 0 Å². The van der Waals surface area contributed by atoms with Crippen LogP contribution in [-0.2, 0) is 0 Å². The topological polar surface area (TPSA) is 61.3 Å². The first-order chi connectivity index (χ1) is 10.6. The van der Waals surface area contributed by atoms with E-state index in [1.54, 1.807) is 6.07 Å². The van der Waals surface area contributed by atoms with Crippen molar-refractivity contribution in [3.05, 3.63) is 53.6 Å². The predicted molar refractivity (Wildman–Crippen MR) is 92.1 cm³/mol. The summed E-state index contributed by atoms with van der Waals surface area (Å²) in [6.45, 7) is 2.13. The highest BCUT2D eigenvalue weighted by Crippen LogP contribution is 2.35. The van der Waals surface area contributed by atoms with Crippen molar-refractivity contribution in [1.29, 1.82) is 0 Å². The minimum Gasteiger partial charge on any atom is -0.488 e. The first-order valence-corrected chi connectivity index (χ1v) is 8.00. The molecule has 0 heterocycles. The Morgan fingerprint density at radius 1 is 0.909 bits per heavy atom. The number of nitrogens with two attached hydrogens (primary N) is 2. The van der Waals surface area contributed by atoms with Gasteiger partial charge in [-0.1, -0.05) is 29.8 Å². The maximum atomic E-state index is 6.06. The molecule has 0 aliphatic heterocycles. The van der Waals surface area contributed by atoms with Crippen LogP contribution in [0.5, 0.6) is 5.75 Å². The van der Waals surface area contributed by atoms with E-state index in [1.807, 2.05) is 12.1 Å². The van der Waals surface area contributed by atoms with Crippen molar-refractivity contribution < 1.29 is 4.74 Å². The number of aryl methyl sites for hydroxylation is 1. The zero-order valence-corrected chi connectivity index (χ0v) is 13.1. The molecular weight excluding hydrogens is 272 g/mol. The van der Waals surface area contributed by atoms with Gasteiger partial charge in [-0.3, -0.25) is 0 Å². The van der Waals surface area contributed by atoms with Crippen LogP contribution in [0, 0.1) is 6.92 Å². The third kappa shape index (κ3) is 3.35. The monoisotopic (exact) mass is 296 g/mol. The van der Waals surface area contributed by atoms with E-state index >= 15 is 0 Å². The van der Waals surface area contributed by atoms with Crippen LogP contribution < -0.4 is 16.2 Å². The highest BCUT2D eigenvalue weighted by atomic mass is 16.5. The Hall–Kier alpha value is -2.16. The van der Waals surface area contributed by atoms with E-state index in [1.165, 1.54) is 24.0 Å². The van der Waals surface area contributed by atoms with Gasteiger partial charge in [0, 0.05) is 5.69 Å². The Kier molecular flexibility index (Phi) is 4.23. The summed E-state index contributed by atoms with van der Waals surface area (Å²) in [5, 5.41) is 0. The fourth-order valence-corrected chi connectivity index (χ4v) is 3.21. The summed E-state index contributed by atoms with van der Waals surface area (Å²) in [6.07, 6.45) is 4.74. The zero-order chi connectivity index (χ0) is 15.5. The maximum Gasteiger partial charge on any atom is 0.142 e. The Bertz CT molecular complexity index is 628. The Balaban J connectivity index is 1.58. The molecule has 0 saturated heterocycles. The fraction of sp³-hybridized carbons (Fsp3) is 0.368. The van der Waals surface area contributed by atoms with Gasteiger partial charge in [0.1, 0.15) is 5.75 Å². The Labute approximate surface area is 132 Å².